The van der Waals surface area contributed by atoms with Gasteiger partial charge in [-0.15, -0.1) is 0 Å². The average molecular weight is 406 g/mol. The largest absolute Gasteiger partial charge is 0.383 e. The molecule has 0 amide bonds. The van der Waals surface area contributed by atoms with Crippen molar-refractivity contribution in [3.05, 3.63) is 38.3 Å². The van der Waals surface area contributed by atoms with Gasteiger partial charge >= 0.3 is 0 Å². The number of nitrogens with zero attached hydrogens (tertiary/aromatic N) is 2. The summed E-state index contributed by atoms with van der Waals surface area (Å²) in [6, 6.07) is 4.40. The second kappa shape index (κ2) is 5.44. The van der Waals surface area contributed by atoms with Crippen LogP contribution < -0.4 is 5.73 Å². The molecule has 106 valence electrons. The Balaban J connectivity index is 2.63. The van der Waals surface area contributed by atoms with E-state index in [9.17, 15) is 4.39 Å². The Labute approximate surface area is 135 Å². The van der Waals surface area contributed by atoms with Gasteiger partial charge in [0.2, 0.25) is 0 Å². The molecule has 0 bridgehead atoms. The molecule has 6 heteroatoms. The Bertz CT molecular complexity index is 668. The fourth-order valence-electron chi connectivity index (χ4n) is 1.73. The van der Waals surface area contributed by atoms with Crippen molar-refractivity contribution in [2.75, 3.05) is 5.73 Å². The topological polar surface area (TPSA) is 51.8 Å². The van der Waals surface area contributed by atoms with E-state index in [1.54, 1.807) is 6.07 Å². The Morgan fingerprint density at radius 2 is 1.90 bits per heavy atom. The minimum absolute atomic E-state index is 0.0422. The number of aromatic nitrogens is 2. The number of hydrogen-bond acceptors (Lipinski definition) is 3. The van der Waals surface area contributed by atoms with Gasteiger partial charge < -0.3 is 5.73 Å². The first-order valence-corrected chi connectivity index (χ1v) is 7.44. The van der Waals surface area contributed by atoms with Crippen molar-refractivity contribution >= 4 is 40.0 Å². The van der Waals surface area contributed by atoms with Crippen molar-refractivity contribution in [2.24, 2.45) is 0 Å². The van der Waals surface area contributed by atoms with E-state index in [1.165, 1.54) is 12.1 Å². The second-order valence-electron chi connectivity index (χ2n) is 5.47. The van der Waals surface area contributed by atoms with Gasteiger partial charge in [-0.05, 0) is 40.8 Å². The third-order valence-electron chi connectivity index (χ3n) is 2.77. The number of nitrogen functional groups attached to an aromatic ring is 1. The Morgan fingerprint density at radius 1 is 1.25 bits per heavy atom. The molecule has 2 N–H and O–H groups in total. The molecule has 0 aliphatic rings. The van der Waals surface area contributed by atoms with Crippen molar-refractivity contribution < 1.29 is 4.39 Å². The first-order valence-electron chi connectivity index (χ1n) is 5.99. The highest BCUT2D eigenvalue weighted by molar-refractivity contribution is 14.1. The Morgan fingerprint density at radius 3 is 2.45 bits per heavy atom. The summed E-state index contributed by atoms with van der Waals surface area (Å²) in [5.41, 5.74) is 7.30. The highest BCUT2D eigenvalue weighted by atomic mass is 127. The van der Waals surface area contributed by atoms with E-state index in [1.807, 2.05) is 0 Å². The molecule has 0 atom stereocenters. The Hall–Kier alpha value is -0.950. The first kappa shape index (κ1) is 15.4. The van der Waals surface area contributed by atoms with Crippen LogP contribution in [0.4, 0.5) is 10.2 Å². The van der Waals surface area contributed by atoms with Crippen molar-refractivity contribution in [3.63, 3.8) is 0 Å². The molecule has 0 aliphatic heterocycles. The van der Waals surface area contributed by atoms with Crippen LogP contribution >= 0.6 is 34.2 Å². The van der Waals surface area contributed by atoms with E-state index < -0.39 is 5.82 Å². The van der Waals surface area contributed by atoms with Crippen LogP contribution in [-0.2, 0) is 5.41 Å². The highest BCUT2D eigenvalue weighted by Gasteiger charge is 2.22. The molecule has 1 heterocycles. The highest BCUT2D eigenvalue weighted by Crippen LogP contribution is 2.31. The lowest BCUT2D eigenvalue weighted by Crippen LogP contribution is -2.18. The van der Waals surface area contributed by atoms with Crippen LogP contribution in [0.15, 0.2) is 18.2 Å². The maximum Gasteiger partial charge on any atom is 0.161 e. The van der Waals surface area contributed by atoms with Gasteiger partial charge in [-0.25, -0.2) is 14.4 Å². The number of anilines is 1. The van der Waals surface area contributed by atoms with Crippen LogP contribution in [-0.4, -0.2) is 9.97 Å². The van der Waals surface area contributed by atoms with E-state index in [2.05, 4.69) is 53.3 Å². The van der Waals surface area contributed by atoms with Crippen LogP contribution in [0.1, 0.15) is 26.5 Å². The summed E-state index contributed by atoms with van der Waals surface area (Å²) >= 11 is 7.94. The lowest BCUT2D eigenvalue weighted by molar-refractivity contribution is 0.564. The minimum atomic E-state index is -0.468. The van der Waals surface area contributed by atoms with Gasteiger partial charge in [-0.3, -0.25) is 0 Å². The molecule has 1 aromatic carbocycles. The van der Waals surface area contributed by atoms with Crippen molar-refractivity contribution in [1.82, 2.24) is 9.97 Å². The second-order valence-corrected chi connectivity index (χ2v) is 6.96. The maximum absolute atomic E-state index is 13.2. The fourth-order valence-corrected chi connectivity index (χ4v) is 2.96. The van der Waals surface area contributed by atoms with E-state index in [-0.39, 0.29) is 10.4 Å². The van der Waals surface area contributed by atoms with Crippen LogP contribution in [0.5, 0.6) is 0 Å². The number of rotatable bonds is 1. The lowest BCUT2D eigenvalue weighted by Gasteiger charge is -2.21. The van der Waals surface area contributed by atoms with E-state index in [4.69, 9.17) is 17.3 Å². The van der Waals surface area contributed by atoms with Gasteiger partial charge in [0, 0.05) is 11.0 Å². The zero-order chi connectivity index (χ0) is 15.1. The predicted octanol–water partition coefficient (Wildman–Crippen LogP) is 4.42. The molecular weight excluding hydrogens is 392 g/mol. The van der Waals surface area contributed by atoms with Crippen LogP contribution in [0, 0.1) is 9.39 Å². The smallest absolute Gasteiger partial charge is 0.161 e. The maximum atomic E-state index is 13.2. The zero-order valence-corrected chi connectivity index (χ0v) is 14.3. The molecule has 2 aromatic rings. The zero-order valence-electron chi connectivity index (χ0n) is 11.3. The summed E-state index contributed by atoms with van der Waals surface area (Å²) in [5.74, 6) is 0.403. The summed E-state index contributed by atoms with van der Waals surface area (Å²) in [6.45, 7) is 6.16. The van der Waals surface area contributed by atoms with Crippen molar-refractivity contribution in [3.8, 4) is 11.4 Å². The van der Waals surface area contributed by atoms with Gasteiger partial charge in [-0.2, -0.15) is 0 Å². The molecule has 0 spiro atoms. The summed E-state index contributed by atoms with van der Waals surface area (Å²) in [6.07, 6.45) is 0. The average Bonchev–Trinajstić information content (AvgIpc) is 2.34. The summed E-state index contributed by atoms with van der Waals surface area (Å²) in [4.78, 5) is 8.83. The summed E-state index contributed by atoms with van der Waals surface area (Å²) in [7, 11) is 0. The van der Waals surface area contributed by atoms with Gasteiger partial charge in [0.1, 0.15) is 11.6 Å². The van der Waals surface area contributed by atoms with Crippen LogP contribution in [0.3, 0.4) is 0 Å². The van der Waals surface area contributed by atoms with E-state index >= 15 is 0 Å². The number of nitrogens with two attached hydrogens (primary N) is 1. The normalized spacial score (nSPS) is 11.7. The third-order valence-corrected chi connectivity index (χ3v) is 4.12. The molecule has 3 nitrogen and oxygen atoms in total. The number of benzene rings is 1. The summed E-state index contributed by atoms with van der Waals surface area (Å²) in [5, 5.41) is 0.0422. The van der Waals surface area contributed by atoms with E-state index in [0.717, 1.165) is 9.26 Å². The number of halogens is 3. The van der Waals surface area contributed by atoms with Gasteiger partial charge in [0.15, 0.2) is 5.82 Å². The van der Waals surface area contributed by atoms with Gasteiger partial charge in [-0.1, -0.05) is 32.4 Å². The third kappa shape index (κ3) is 3.03. The molecule has 0 saturated heterocycles. The number of hydrogen-bond donors (Lipinski definition) is 1. The lowest BCUT2D eigenvalue weighted by atomic mass is 9.92. The molecular formula is C14H14ClFIN3. The van der Waals surface area contributed by atoms with Crippen LogP contribution in [0.2, 0.25) is 5.02 Å². The van der Waals surface area contributed by atoms with Crippen molar-refractivity contribution in [2.45, 2.75) is 26.2 Å². The Kier molecular flexibility index (Phi) is 4.20. The van der Waals surface area contributed by atoms with E-state index in [0.29, 0.717) is 17.2 Å². The fraction of sp³-hybridized carbons (Fsp3) is 0.286. The molecule has 0 radical (unpaired) electrons. The predicted molar refractivity (Wildman–Crippen MR) is 88.3 cm³/mol. The van der Waals surface area contributed by atoms with Crippen LogP contribution in [0.25, 0.3) is 11.4 Å². The molecule has 0 unspecified atom stereocenters. The van der Waals surface area contributed by atoms with Gasteiger partial charge in [0.05, 0.1) is 14.3 Å². The molecule has 20 heavy (non-hydrogen) atoms. The molecule has 0 fully saturated rings. The minimum Gasteiger partial charge on any atom is -0.383 e. The molecule has 0 aliphatic carbocycles. The monoisotopic (exact) mass is 405 g/mol. The molecule has 0 saturated carbocycles. The standard InChI is InChI=1S/C14H14ClFIN3/c1-14(2,3)11-10(17)12(18)20-13(19-11)7-4-5-9(16)8(15)6-7/h4-6H,1-3H3,(H2,18,19,20). The summed E-state index contributed by atoms with van der Waals surface area (Å²) < 4.78 is 14.1. The first-order chi connectivity index (χ1) is 9.20. The quantitative estimate of drug-likeness (QED) is 0.715. The molecule has 1 aromatic heterocycles. The SMILES string of the molecule is CC(C)(C)c1nc(-c2ccc(F)c(Cl)c2)nc(N)c1I. The molecule has 2 rings (SSSR count). The van der Waals surface area contributed by atoms with Crippen molar-refractivity contribution in [1.29, 1.82) is 0 Å². The van der Waals surface area contributed by atoms with Gasteiger partial charge in [0.25, 0.3) is 0 Å².